The van der Waals surface area contributed by atoms with Crippen LogP contribution < -0.4 is 5.32 Å². The highest BCUT2D eigenvalue weighted by Gasteiger charge is 1.97. The number of hydrogen-bond acceptors (Lipinski definition) is 4. The van der Waals surface area contributed by atoms with Gasteiger partial charge in [0.25, 0.3) is 0 Å². The van der Waals surface area contributed by atoms with E-state index >= 15 is 0 Å². The second kappa shape index (κ2) is 8.48. The van der Waals surface area contributed by atoms with Crippen molar-refractivity contribution in [3.63, 3.8) is 0 Å². The van der Waals surface area contributed by atoms with E-state index < -0.39 is 0 Å². The molecule has 0 spiro atoms. The molecule has 1 rings (SSSR count). The van der Waals surface area contributed by atoms with Crippen molar-refractivity contribution < 1.29 is 0 Å². The minimum Gasteiger partial charge on any atom is -0.316 e. The summed E-state index contributed by atoms with van der Waals surface area (Å²) in [7, 11) is 0. The standard InChI is InChI=1S/C13H23N3S/c1-11(2)8-14-6-4-5-7-17-13-15-9-12(3)10-16-13/h9-11,14H,4-8H2,1-3H3. The van der Waals surface area contributed by atoms with E-state index in [0.29, 0.717) is 0 Å². The molecule has 0 atom stereocenters. The van der Waals surface area contributed by atoms with Crippen LogP contribution in [0.15, 0.2) is 17.6 Å². The predicted molar refractivity (Wildman–Crippen MR) is 74.4 cm³/mol. The van der Waals surface area contributed by atoms with E-state index in [4.69, 9.17) is 0 Å². The summed E-state index contributed by atoms with van der Waals surface area (Å²) in [5, 5.41) is 4.34. The quantitative estimate of drug-likeness (QED) is 0.439. The summed E-state index contributed by atoms with van der Waals surface area (Å²) in [5.41, 5.74) is 1.12. The largest absolute Gasteiger partial charge is 0.316 e. The lowest BCUT2D eigenvalue weighted by atomic mass is 10.2. The number of aryl methyl sites for hydroxylation is 1. The Morgan fingerprint density at radius 2 is 1.94 bits per heavy atom. The van der Waals surface area contributed by atoms with Gasteiger partial charge in [0.05, 0.1) is 0 Å². The fourth-order valence-corrected chi connectivity index (χ4v) is 2.15. The van der Waals surface area contributed by atoms with Crippen LogP contribution >= 0.6 is 11.8 Å². The molecule has 96 valence electrons. The second-order valence-corrected chi connectivity index (χ2v) is 5.76. The Morgan fingerprint density at radius 3 is 2.59 bits per heavy atom. The maximum atomic E-state index is 4.27. The van der Waals surface area contributed by atoms with E-state index in [0.717, 1.165) is 35.5 Å². The molecule has 3 nitrogen and oxygen atoms in total. The first-order chi connectivity index (χ1) is 8.18. The normalized spacial score (nSPS) is 11.1. The molecule has 1 heterocycles. The molecule has 0 aromatic carbocycles. The summed E-state index contributed by atoms with van der Waals surface area (Å²) in [5.74, 6) is 1.84. The number of aromatic nitrogens is 2. The van der Waals surface area contributed by atoms with Gasteiger partial charge in [-0.25, -0.2) is 9.97 Å². The van der Waals surface area contributed by atoms with Crippen LogP contribution in [0.1, 0.15) is 32.3 Å². The zero-order valence-electron chi connectivity index (χ0n) is 11.1. The molecule has 1 N–H and O–H groups in total. The Hall–Kier alpha value is -0.610. The molecule has 0 bridgehead atoms. The maximum absolute atomic E-state index is 4.27. The maximum Gasteiger partial charge on any atom is 0.187 e. The van der Waals surface area contributed by atoms with Crippen molar-refractivity contribution in [1.29, 1.82) is 0 Å². The lowest BCUT2D eigenvalue weighted by Gasteiger charge is -2.06. The SMILES string of the molecule is Cc1cnc(SCCCCNCC(C)C)nc1. The van der Waals surface area contributed by atoms with Crippen LogP contribution in [0.2, 0.25) is 0 Å². The predicted octanol–water partition coefficient (Wildman–Crippen LogP) is 2.90. The molecule has 1 aromatic rings. The Bertz CT molecular complexity index is 298. The fraction of sp³-hybridized carbons (Fsp3) is 0.692. The van der Waals surface area contributed by atoms with E-state index in [1.54, 1.807) is 11.8 Å². The Kier molecular flexibility index (Phi) is 7.21. The summed E-state index contributed by atoms with van der Waals surface area (Å²) in [6, 6.07) is 0. The summed E-state index contributed by atoms with van der Waals surface area (Å²) in [4.78, 5) is 8.54. The molecule has 0 saturated carbocycles. The molecule has 0 aliphatic carbocycles. The molecule has 17 heavy (non-hydrogen) atoms. The molecular formula is C13H23N3S. The van der Waals surface area contributed by atoms with Gasteiger partial charge < -0.3 is 5.32 Å². The fourth-order valence-electron chi connectivity index (χ4n) is 1.36. The number of unbranched alkanes of at least 4 members (excludes halogenated alkanes) is 1. The Balaban J connectivity index is 1.99. The molecule has 0 amide bonds. The highest BCUT2D eigenvalue weighted by Crippen LogP contribution is 2.13. The van der Waals surface area contributed by atoms with E-state index in [1.165, 1.54) is 12.8 Å². The number of nitrogens with zero attached hydrogens (tertiary/aromatic N) is 2. The topological polar surface area (TPSA) is 37.8 Å². The molecule has 0 saturated heterocycles. The first-order valence-corrected chi connectivity index (χ1v) is 7.29. The third-order valence-electron chi connectivity index (χ3n) is 2.29. The zero-order valence-corrected chi connectivity index (χ0v) is 11.9. The Labute approximate surface area is 109 Å². The van der Waals surface area contributed by atoms with Crippen molar-refractivity contribution in [1.82, 2.24) is 15.3 Å². The highest BCUT2D eigenvalue weighted by molar-refractivity contribution is 7.99. The van der Waals surface area contributed by atoms with E-state index in [9.17, 15) is 0 Å². The third kappa shape index (κ3) is 7.34. The van der Waals surface area contributed by atoms with Gasteiger partial charge in [0.1, 0.15) is 0 Å². The molecule has 0 fully saturated rings. The number of nitrogens with one attached hydrogen (secondary N) is 1. The van der Waals surface area contributed by atoms with Crippen LogP contribution in [-0.2, 0) is 0 Å². The van der Waals surface area contributed by atoms with Crippen LogP contribution in [0, 0.1) is 12.8 Å². The molecule has 0 aliphatic rings. The summed E-state index contributed by atoms with van der Waals surface area (Å²) in [6.07, 6.45) is 6.19. The second-order valence-electron chi connectivity index (χ2n) is 4.70. The van der Waals surface area contributed by atoms with Gasteiger partial charge in [-0.05, 0) is 44.3 Å². The van der Waals surface area contributed by atoms with Gasteiger partial charge >= 0.3 is 0 Å². The average Bonchev–Trinajstić information content (AvgIpc) is 2.30. The summed E-state index contributed by atoms with van der Waals surface area (Å²) < 4.78 is 0. The van der Waals surface area contributed by atoms with Crippen LogP contribution in [0.25, 0.3) is 0 Å². The smallest absolute Gasteiger partial charge is 0.187 e. The molecule has 1 aromatic heterocycles. The van der Waals surface area contributed by atoms with Crippen molar-refractivity contribution in [3.05, 3.63) is 18.0 Å². The number of thioether (sulfide) groups is 1. The first-order valence-electron chi connectivity index (χ1n) is 6.30. The first kappa shape index (κ1) is 14.5. The number of hydrogen-bond donors (Lipinski definition) is 1. The van der Waals surface area contributed by atoms with Gasteiger partial charge in [-0.1, -0.05) is 25.6 Å². The zero-order chi connectivity index (χ0) is 12.5. The molecule has 0 unspecified atom stereocenters. The van der Waals surface area contributed by atoms with Crippen LogP contribution in [0.3, 0.4) is 0 Å². The molecule has 0 radical (unpaired) electrons. The molecule has 4 heteroatoms. The summed E-state index contributed by atoms with van der Waals surface area (Å²) in [6.45, 7) is 8.71. The van der Waals surface area contributed by atoms with Gasteiger partial charge in [-0.2, -0.15) is 0 Å². The minimum absolute atomic E-state index is 0.741. The van der Waals surface area contributed by atoms with Crippen molar-refractivity contribution in [2.75, 3.05) is 18.8 Å². The van der Waals surface area contributed by atoms with E-state index in [2.05, 4.69) is 29.1 Å². The van der Waals surface area contributed by atoms with E-state index in [1.807, 2.05) is 19.3 Å². The Morgan fingerprint density at radius 1 is 1.24 bits per heavy atom. The lowest BCUT2D eigenvalue weighted by Crippen LogP contribution is -2.20. The van der Waals surface area contributed by atoms with Gasteiger partial charge in [0.2, 0.25) is 0 Å². The van der Waals surface area contributed by atoms with Crippen molar-refractivity contribution in [3.8, 4) is 0 Å². The highest BCUT2D eigenvalue weighted by atomic mass is 32.2. The minimum atomic E-state index is 0.741. The summed E-state index contributed by atoms with van der Waals surface area (Å²) >= 11 is 1.74. The van der Waals surface area contributed by atoms with Gasteiger partial charge in [-0.15, -0.1) is 0 Å². The van der Waals surface area contributed by atoms with Gasteiger partial charge in [0.15, 0.2) is 5.16 Å². The van der Waals surface area contributed by atoms with Crippen molar-refractivity contribution in [2.45, 2.75) is 38.8 Å². The monoisotopic (exact) mass is 253 g/mol. The number of rotatable bonds is 8. The lowest BCUT2D eigenvalue weighted by molar-refractivity contribution is 0.541. The third-order valence-corrected chi connectivity index (χ3v) is 3.25. The van der Waals surface area contributed by atoms with Gasteiger partial charge in [0, 0.05) is 18.1 Å². The van der Waals surface area contributed by atoms with Gasteiger partial charge in [-0.3, -0.25) is 0 Å². The van der Waals surface area contributed by atoms with Crippen LogP contribution in [0.4, 0.5) is 0 Å². The van der Waals surface area contributed by atoms with Crippen molar-refractivity contribution in [2.24, 2.45) is 5.92 Å². The van der Waals surface area contributed by atoms with E-state index in [-0.39, 0.29) is 0 Å². The van der Waals surface area contributed by atoms with Crippen molar-refractivity contribution >= 4 is 11.8 Å². The average molecular weight is 253 g/mol. The van der Waals surface area contributed by atoms with Crippen LogP contribution in [-0.4, -0.2) is 28.8 Å². The van der Waals surface area contributed by atoms with Crippen LogP contribution in [0.5, 0.6) is 0 Å². The molecule has 0 aliphatic heterocycles. The molecular weight excluding hydrogens is 230 g/mol.